The summed E-state index contributed by atoms with van der Waals surface area (Å²) in [5.74, 6) is 1.88. The third-order valence-electron chi connectivity index (χ3n) is 5.76. The smallest absolute Gasteiger partial charge is 0.229 e. The lowest BCUT2D eigenvalue weighted by atomic mass is 10.1. The lowest BCUT2D eigenvalue weighted by molar-refractivity contribution is 0.292. The summed E-state index contributed by atoms with van der Waals surface area (Å²) in [4.78, 5) is 10.7. The molecule has 32 heavy (non-hydrogen) atoms. The topological polar surface area (TPSA) is 55.2 Å². The maximum atomic E-state index is 6.00. The van der Waals surface area contributed by atoms with Gasteiger partial charge in [-0.15, -0.1) is 11.3 Å². The van der Waals surface area contributed by atoms with Crippen LogP contribution < -0.4 is 5.32 Å². The van der Waals surface area contributed by atoms with Gasteiger partial charge in [0.2, 0.25) is 11.8 Å². The van der Waals surface area contributed by atoms with E-state index in [4.69, 9.17) is 19.5 Å². The van der Waals surface area contributed by atoms with Crippen LogP contribution in [0.25, 0.3) is 0 Å². The SMILES string of the molecule is CC(C)[C@H]1COC(c2ccccc2Nc2ccsc2C2=N[C@@H](Cc3ccccc3)CO2)=N1. The molecule has 5 nitrogen and oxygen atoms in total. The van der Waals surface area contributed by atoms with Crippen LogP contribution in [0.15, 0.2) is 76.0 Å². The summed E-state index contributed by atoms with van der Waals surface area (Å²) in [6.45, 7) is 5.60. The molecule has 3 aromatic rings. The predicted octanol–water partition coefficient (Wildman–Crippen LogP) is 5.68. The van der Waals surface area contributed by atoms with Crippen molar-refractivity contribution in [2.24, 2.45) is 15.9 Å². The molecular formula is C26H27N3O2S. The maximum Gasteiger partial charge on any atom is 0.229 e. The van der Waals surface area contributed by atoms with Crippen molar-refractivity contribution in [3.63, 3.8) is 0 Å². The minimum absolute atomic E-state index is 0.142. The highest BCUT2D eigenvalue weighted by atomic mass is 32.1. The number of rotatable bonds is 7. The molecule has 0 saturated carbocycles. The van der Waals surface area contributed by atoms with Gasteiger partial charge in [-0.2, -0.15) is 0 Å². The zero-order valence-corrected chi connectivity index (χ0v) is 19.1. The summed E-state index contributed by atoms with van der Waals surface area (Å²) >= 11 is 1.64. The first-order valence-corrected chi connectivity index (χ1v) is 11.9. The van der Waals surface area contributed by atoms with E-state index in [1.54, 1.807) is 11.3 Å². The van der Waals surface area contributed by atoms with Crippen LogP contribution in [0.4, 0.5) is 11.4 Å². The first kappa shape index (κ1) is 20.8. The van der Waals surface area contributed by atoms with Gasteiger partial charge in [-0.05, 0) is 41.5 Å². The molecule has 0 saturated heterocycles. The van der Waals surface area contributed by atoms with Crippen molar-refractivity contribution in [3.05, 3.63) is 82.0 Å². The minimum Gasteiger partial charge on any atom is -0.475 e. The molecule has 2 aliphatic rings. The second kappa shape index (κ2) is 9.17. The van der Waals surface area contributed by atoms with Gasteiger partial charge < -0.3 is 14.8 Å². The van der Waals surface area contributed by atoms with Crippen LogP contribution >= 0.6 is 11.3 Å². The van der Waals surface area contributed by atoms with E-state index < -0.39 is 0 Å². The number of anilines is 2. The van der Waals surface area contributed by atoms with Gasteiger partial charge in [0.1, 0.15) is 18.1 Å². The Morgan fingerprint density at radius 2 is 1.69 bits per heavy atom. The molecule has 2 aliphatic heterocycles. The number of hydrogen-bond acceptors (Lipinski definition) is 6. The predicted molar refractivity (Wildman–Crippen MR) is 132 cm³/mol. The number of nitrogens with one attached hydrogen (secondary N) is 1. The Balaban J connectivity index is 1.36. The molecule has 3 heterocycles. The van der Waals surface area contributed by atoms with E-state index in [1.807, 2.05) is 18.2 Å². The van der Waals surface area contributed by atoms with Crippen molar-refractivity contribution in [2.45, 2.75) is 32.4 Å². The monoisotopic (exact) mass is 445 g/mol. The summed E-state index contributed by atoms with van der Waals surface area (Å²) in [6.07, 6.45) is 0.884. The third-order valence-corrected chi connectivity index (χ3v) is 6.66. The van der Waals surface area contributed by atoms with Gasteiger partial charge in [0.05, 0.1) is 29.0 Å². The van der Waals surface area contributed by atoms with Crippen LogP contribution in [-0.2, 0) is 15.9 Å². The van der Waals surface area contributed by atoms with Gasteiger partial charge in [-0.1, -0.05) is 56.3 Å². The highest BCUT2D eigenvalue weighted by Gasteiger charge is 2.26. The molecular weight excluding hydrogens is 418 g/mol. The van der Waals surface area contributed by atoms with E-state index in [0.29, 0.717) is 25.0 Å². The van der Waals surface area contributed by atoms with E-state index in [2.05, 4.69) is 67.0 Å². The fourth-order valence-corrected chi connectivity index (χ4v) is 4.70. The van der Waals surface area contributed by atoms with Crippen molar-refractivity contribution in [1.29, 1.82) is 0 Å². The lowest BCUT2D eigenvalue weighted by Gasteiger charge is -2.12. The first-order chi connectivity index (χ1) is 15.7. The second-order valence-electron chi connectivity index (χ2n) is 8.48. The fourth-order valence-electron chi connectivity index (χ4n) is 3.91. The molecule has 1 N–H and O–H groups in total. The average Bonchev–Trinajstić information content (AvgIpc) is 3.56. The molecule has 0 radical (unpaired) electrons. The number of ether oxygens (including phenoxy) is 2. The molecule has 164 valence electrons. The van der Waals surface area contributed by atoms with E-state index in [1.165, 1.54) is 5.56 Å². The van der Waals surface area contributed by atoms with Crippen LogP contribution in [0, 0.1) is 5.92 Å². The quantitative estimate of drug-likeness (QED) is 0.509. The molecule has 2 aromatic carbocycles. The average molecular weight is 446 g/mol. The zero-order chi connectivity index (χ0) is 21.9. The lowest BCUT2D eigenvalue weighted by Crippen LogP contribution is -2.13. The molecule has 2 atom stereocenters. The molecule has 0 amide bonds. The highest BCUT2D eigenvalue weighted by molar-refractivity contribution is 7.12. The van der Waals surface area contributed by atoms with E-state index >= 15 is 0 Å². The molecule has 0 fully saturated rings. The van der Waals surface area contributed by atoms with Gasteiger partial charge in [-0.3, -0.25) is 0 Å². The summed E-state index contributed by atoms with van der Waals surface area (Å²) in [6, 6.07) is 21.0. The summed E-state index contributed by atoms with van der Waals surface area (Å²) < 4.78 is 11.9. The number of hydrogen-bond donors (Lipinski definition) is 1. The molecule has 1 aromatic heterocycles. The van der Waals surface area contributed by atoms with E-state index in [-0.39, 0.29) is 12.1 Å². The Hall–Kier alpha value is -3.12. The summed E-state index contributed by atoms with van der Waals surface area (Å²) in [7, 11) is 0. The van der Waals surface area contributed by atoms with Gasteiger partial charge in [0.15, 0.2) is 0 Å². The van der Waals surface area contributed by atoms with Crippen LogP contribution in [0.3, 0.4) is 0 Å². The van der Waals surface area contributed by atoms with E-state index in [9.17, 15) is 0 Å². The normalized spacial score (nSPS) is 20.0. The zero-order valence-electron chi connectivity index (χ0n) is 18.3. The molecule has 0 bridgehead atoms. The Morgan fingerprint density at radius 3 is 2.50 bits per heavy atom. The van der Waals surface area contributed by atoms with E-state index in [0.717, 1.165) is 34.1 Å². The summed E-state index contributed by atoms with van der Waals surface area (Å²) in [5, 5.41) is 5.64. The summed E-state index contributed by atoms with van der Waals surface area (Å²) in [5.41, 5.74) is 4.21. The van der Waals surface area contributed by atoms with Crippen molar-refractivity contribution in [2.75, 3.05) is 18.5 Å². The molecule has 0 unspecified atom stereocenters. The van der Waals surface area contributed by atoms with Crippen molar-refractivity contribution in [1.82, 2.24) is 0 Å². The fraction of sp³-hybridized carbons (Fsp3) is 0.308. The first-order valence-electron chi connectivity index (χ1n) is 11.1. The number of thiophene rings is 1. The number of benzene rings is 2. The molecule has 6 heteroatoms. The van der Waals surface area contributed by atoms with Gasteiger partial charge in [-0.25, -0.2) is 9.98 Å². The Bertz CT molecular complexity index is 1140. The standard InChI is InChI=1S/C26H27N3O2S/c1-17(2)23-16-31-25(29-23)20-10-6-7-11-21(20)28-22-12-13-32-24(22)26-27-19(15-30-26)14-18-8-4-3-5-9-18/h3-13,17,19,23,28H,14-16H2,1-2H3/t19-,23+/m0/s1. The molecule has 0 spiro atoms. The van der Waals surface area contributed by atoms with Gasteiger partial charge >= 0.3 is 0 Å². The molecule has 5 rings (SSSR count). The third kappa shape index (κ3) is 4.41. The van der Waals surface area contributed by atoms with Crippen LogP contribution in [-0.4, -0.2) is 37.1 Å². The van der Waals surface area contributed by atoms with Crippen molar-refractivity contribution < 1.29 is 9.47 Å². The van der Waals surface area contributed by atoms with Gasteiger partial charge in [0, 0.05) is 0 Å². The van der Waals surface area contributed by atoms with Gasteiger partial charge in [0.25, 0.3) is 0 Å². The number of para-hydroxylation sites is 1. The van der Waals surface area contributed by atoms with Crippen LogP contribution in [0.5, 0.6) is 0 Å². The number of nitrogens with zero attached hydrogens (tertiary/aromatic N) is 2. The largest absolute Gasteiger partial charge is 0.475 e. The van der Waals surface area contributed by atoms with Crippen LogP contribution in [0.1, 0.15) is 29.9 Å². The van der Waals surface area contributed by atoms with Crippen LogP contribution in [0.2, 0.25) is 0 Å². The Kier molecular flexibility index (Phi) is 5.95. The maximum absolute atomic E-state index is 6.00. The van der Waals surface area contributed by atoms with Crippen molar-refractivity contribution in [3.8, 4) is 0 Å². The highest BCUT2D eigenvalue weighted by Crippen LogP contribution is 2.32. The number of aliphatic imine (C=N–C) groups is 2. The van der Waals surface area contributed by atoms with Crippen molar-refractivity contribution >= 4 is 34.5 Å². The molecule has 0 aliphatic carbocycles. The Morgan fingerprint density at radius 1 is 0.906 bits per heavy atom. The second-order valence-corrected chi connectivity index (χ2v) is 9.40. The minimum atomic E-state index is 0.142. The Labute approximate surface area is 192 Å².